The van der Waals surface area contributed by atoms with Crippen LogP contribution in [0.1, 0.15) is 10.4 Å². The quantitative estimate of drug-likeness (QED) is 0.915. The van der Waals surface area contributed by atoms with Crippen LogP contribution in [0.25, 0.3) is 0 Å². The van der Waals surface area contributed by atoms with E-state index < -0.39 is 31.8 Å². The summed E-state index contributed by atoms with van der Waals surface area (Å²) >= 11 is 0. The number of hydrogen-bond acceptors (Lipinski definition) is 4. The number of halogens is 3. The van der Waals surface area contributed by atoms with E-state index in [-0.39, 0.29) is 5.56 Å². The lowest BCUT2D eigenvalue weighted by Gasteiger charge is -2.24. The first-order chi connectivity index (χ1) is 9.90. The van der Waals surface area contributed by atoms with Crippen molar-refractivity contribution < 1.29 is 32.5 Å². The van der Waals surface area contributed by atoms with Gasteiger partial charge in [-0.3, -0.25) is 4.79 Å². The molecule has 1 N–H and O–H groups in total. The molecule has 0 unspecified atom stereocenters. The van der Waals surface area contributed by atoms with Gasteiger partial charge in [0, 0.05) is 12.1 Å². The largest absolute Gasteiger partial charge is 0.486 e. The van der Waals surface area contributed by atoms with E-state index in [1.54, 1.807) is 0 Å². The Morgan fingerprint density at radius 3 is 2.52 bits per heavy atom. The van der Waals surface area contributed by atoms with Crippen LogP contribution in [0.5, 0.6) is 11.5 Å². The van der Waals surface area contributed by atoms with Gasteiger partial charge >= 0.3 is 6.18 Å². The monoisotopic (exact) mass is 305 g/mol. The van der Waals surface area contributed by atoms with Crippen LogP contribution >= 0.6 is 0 Å². The van der Waals surface area contributed by atoms with Gasteiger partial charge in [-0.05, 0) is 18.2 Å². The number of alkyl halides is 3. The highest BCUT2D eigenvalue weighted by atomic mass is 19.4. The molecule has 0 bridgehead atoms. The van der Waals surface area contributed by atoms with Crippen molar-refractivity contribution in [1.82, 2.24) is 4.90 Å². The van der Waals surface area contributed by atoms with Crippen LogP contribution in [0.3, 0.4) is 0 Å². The minimum absolute atomic E-state index is 0.0527. The molecule has 1 aliphatic rings. The molecule has 0 radical (unpaired) electrons. The number of carbonyl (C=O) groups is 1. The Kier molecular flexibility index (Phi) is 4.56. The summed E-state index contributed by atoms with van der Waals surface area (Å²) in [6.45, 7) is -1.67. The third kappa shape index (κ3) is 4.01. The fourth-order valence-corrected chi connectivity index (χ4v) is 1.95. The van der Waals surface area contributed by atoms with Crippen molar-refractivity contribution in [3.8, 4) is 11.5 Å². The molecule has 1 amide bonds. The Bertz CT molecular complexity index is 519. The molecule has 0 aliphatic carbocycles. The second-order valence-electron chi connectivity index (χ2n) is 4.42. The maximum atomic E-state index is 12.5. The van der Waals surface area contributed by atoms with Gasteiger partial charge in [0.15, 0.2) is 11.5 Å². The first-order valence-electron chi connectivity index (χ1n) is 6.27. The number of carbonyl (C=O) groups excluding carboxylic acids is 1. The third-order valence-electron chi connectivity index (χ3n) is 2.82. The smallest absolute Gasteiger partial charge is 0.406 e. The van der Waals surface area contributed by atoms with E-state index in [0.29, 0.717) is 29.6 Å². The average Bonchev–Trinajstić information content (AvgIpc) is 2.44. The number of rotatable bonds is 4. The second kappa shape index (κ2) is 6.21. The van der Waals surface area contributed by atoms with Crippen LogP contribution in [-0.4, -0.2) is 55.0 Å². The molecule has 0 atom stereocenters. The number of ether oxygens (including phenoxy) is 2. The minimum Gasteiger partial charge on any atom is -0.486 e. The number of hydrogen-bond donors (Lipinski definition) is 1. The SMILES string of the molecule is O=C(c1ccc2c(c1)OCCO2)N(CCO)CC(F)(F)F. The second-order valence-corrected chi connectivity index (χ2v) is 4.42. The number of aliphatic hydroxyl groups excluding tert-OH is 1. The van der Waals surface area contributed by atoms with Crippen LogP contribution < -0.4 is 9.47 Å². The van der Waals surface area contributed by atoms with Crippen LogP contribution in [0.15, 0.2) is 18.2 Å². The highest BCUT2D eigenvalue weighted by molar-refractivity contribution is 5.95. The molecular weight excluding hydrogens is 291 g/mol. The van der Waals surface area contributed by atoms with Gasteiger partial charge in [-0.1, -0.05) is 0 Å². The van der Waals surface area contributed by atoms with Crippen molar-refractivity contribution in [3.63, 3.8) is 0 Å². The fourth-order valence-electron chi connectivity index (χ4n) is 1.95. The highest BCUT2D eigenvalue weighted by Gasteiger charge is 2.33. The van der Waals surface area contributed by atoms with Crippen molar-refractivity contribution in [1.29, 1.82) is 0 Å². The van der Waals surface area contributed by atoms with Crippen LogP contribution in [0, 0.1) is 0 Å². The Hall–Kier alpha value is -1.96. The number of fused-ring (bicyclic) bond motifs is 1. The maximum absolute atomic E-state index is 12.5. The van der Waals surface area contributed by atoms with Gasteiger partial charge in [-0.2, -0.15) is 13.2 Å². The van der Waals surface area contributed by atoms with Crippen molar-refractivity contribution in [2.45, 2.75) is 6.18 Å². The number of nitrogens with zero attached hydrogens (tertiary/aromatic N) is 1. The predicted molar refractivity (Wildman–Crippen MR) is 66.5 cm³/mol. The van der Waals surface area contributed by atoms with Gasteiger partial charge in [0.2, 0.25) is 0 Å². The topological polar surface area (TPSA) is 59.0 Å². The van der Waals surface area contributed by atoms with E-state index in [9.17, 15) is 18.0 Å². The van der Waals surface area contributed by atoms with E-state index in [0.717, 1.165) is 0 Å². The van der Waals surface area contributed by atoms with Gasteiger partial charge in [0.25, 0.3) is 5.91 Å². The first-order valence-corrected chi connectivity index (χ1v) is 6.27. The average molecular weight is 305 g/mol. The van der Waals surface area contributed by atoms with Gasteiger partial charge in [-0.25, -0.2) is 0 Å². The lowest BCUT2D eigenvalue weighted by atomic mass is 10.1. The molecule has 116 valence electrons. The normalized spacial score (nSPS) is 13.9. The van der Waals surface area contributed by atoms with E-state index in [1.165, 1.54) is 18.2 Å². The summed E-state index contributed by atoms with van der Waals surface area (Å²) in [5.74, 6) is -0.0521. The van der Waals surface area contributed by atoms with E-state index in [4.69, 9.17) is 14.6 Å². The summed E-state index contributed by atoms with van der Waals surface area (Å²) in [5.41, 5.74) is 0.0527. The molecule has 8 heteroatoms. The lowest BCUT2D eigenvalue weighted by molar-refractivity contribution is -0.141. The summed E-state index contributed by atoms with van der Waals surface area (Å²) < 4.78 is 47.9. The third-order valence-corrected chi connectivity index (χ3v) is 2.82. The standard InChI is InChI=1S/C13H14F3NO4/c14-13(15,16)8-17(3-4-18)12(19)9-1-2-10-11(7-9)21-6-5-20-10/h1-2,7,18H,3-6,8H2. The molecule has 0 saturated heterocycles. The maximum Gasteiger partial charge on any atom is 0.406 e. The Labute approximate surface area is 118 Å². The van der Waals surface area contributed by atoms with Gasteiger partial charge in [0.05, 0.1) is 6.61 Å². The summed E-state index contributed by atoms with van der Waals surface area (Å²) in [7, 11) is 0. The van der Waals surface area contributed by atoms with Crippen molar-refractivity contribution in [2.24, 2.45) is 0 Å². The lowest BCUT2D eigenvalue weighted by Crippen LogP contribution is -2.40. The Morgan fingerprint density at radius 1 is 1.24 bits per heavy atom. The molecular formula is C13H14F3NO4. The van der Waals surface area contributed by atoms with E-state index in [1.807, 2.05) is 0 Å². The Balaban J connectivity index is 2.20. The highest BCUT2D eigenvalue weighted by Crippen LogP contribution is 2.31. The van der Waals surface area contributed by atoms with Crippen molar-refractivity contribution in [2.75, 3.05) is 32.9 Å². The summed E-state index contributed by atoms with van der Waals surface area (Å²) in [4.78, 5) is 12.7. The van der Waals surface area contributed by atoms with Crippen LogP contribution in [0.2, 0.25) is 0 Å². The van der Waals surface area contributed by atoms with Crippen LogP contribution in [-0.2, 0) is 0 Å². The van der Waals surface area contributed by atoms with Gasteiger partial charge < -0.3 is 19.5 Å². The molecule has 21 heavy (non-hydrogen) atoms. The minimum atomic E-state index is -4.53. The van der Waals surface area contributed by atoms with E-state index >= 15 is 0 Å². The van der Waals surface area contributed by atoms with Crippen LogP contribution in [0.4, 0.5) is 13.2 Å². The first kappa shape index (κ1) is 15.4. The molecule has 5 nitrogen and oxygen atoms in total. The summed E-state index contributed by atoms with van der Waals surface area (Å²) in [5, 5.41) is 8.82. The van der Waals surface area contributed by atoms with Crippen molar-refractivity contribution >= 4 is 5.91 Å². The Morgan fingerprint density at radius 2 is 1.90 bits per heavy atom. The molecule has 1 aromatic rings. The molecule has 0 spiro atoms. The summed E-state index contributed by atoms with van der Waals surface area (Å²) in [6.07, 6.45) is -4.53. The fraction of sp³-hybridized carbons (Fsp3) is 0.462. The van der Waals surface area contributed by atoms with E-state index in [2.05, 4.69) is 0 Å². The number of aliphatic hydroxyl groups is 1. The predicted octanol–water partition coefficient (Wildman–Crippen LogP) is 1.45. The summed E-state index contributed by atoms with van der Waals surface area (Å²) in [6, 6.07) is 4.20. The van der Waals surface area contributed by atoms with Crippen molar-refractivity contribution in [3.05, 3.63) is 23.8 Å². The molecule has 1 heterocycles. The molecule has 0 saturated carbocycles. The number of benzene rings is 1. The molecule has 1 aromatic carbocycles. The zero-order valence-corrected chi connectivity index (χ0v) is 11.0. The molecule has 2 rings (SSSR count). The molecule has 0 aromatic heterocycles. The number of amides is 1. The zero-order chi connectivity index (χ0) is 15.5. The van der Waals surface area contributed by atoms with Gasteiger partial charge in [0.1, 0.15) is 19.8 Å². The zero-order valence-electron chi connectivity index (χ0n) is 11.0. The molecule has 0 fully saturated rings. The van der Waals surface area contributed by atoms with Gasteiger partial charge in [-0.15, -0.1) is 0 Å². The molecule has 1 aliphatic heterocycles.